The van der Waals surface area contributed by atoms with E-state index in [1.165, 1.54) is 0 Å². The molecule has 2 fully saturated rings. The van der Waals surface area contributed by atoms with Crippen molar-refractivity contribution in [2.45, 2.75) is 31.5 Å². The quantitative estimate of drug-likeness (QED) is 0.487. The van der Waals surface area contributed by atoms with Crippen LogP contribution in [0.3, 0.4) is 0 Å². The van der Waals surface area contributed by atoms with Crippen LogP contribution in [0.5, 0.6) is 0 Å². The largest absolute Gasteiger partial charge is 0.460 e. The molecular formula is C7H10O3. The van der Waals surface area contributed by atoms with Gasteiger partial charge in [-0.1, -0.05) is 0 Å². The first-order valence-electron chi connectivity index (χ1n) is 3.67. The lowest BCUT2D eigenvalue weighted by Crippen LogP contribution is -2.21. The molecule has 0 radical (unpaired) electrons. The van der Waals surface area contributed by atoms with Crippen LogP contribution in [-0.4, -0.2) is 23.3 Å². The molecule has 2 aliphatic rings. The van der Waals surface area contributed by atoms with Crippen LogP contribution in [0.25, 0.3) is 0 Å². The molecule has 3 nitrogen and oxygen atoms in total. The van der Waals surface area contributed by atoms with Gasteiger partial charge in [-0.25, -0.2) is 4.79 Å². The zero-order chi connectivity index (χ0) is 7.14. The van der Waals surface area contributed by atoms with Crippen LogP contribution < -0.4 is 0 Å². The number of ether oxygens (including phenoxy) is 1. The number of aliphatic hydroxyl groups excluding tert-OH is 1. The standard InChI is InChI=1S/C7H10O3/c8-6-4-2-1-3-5(4)10-7(6)9/h4-6,8H,1-3H2. The molecule has 0 aromatic carbocycles. The molecule has 10 heavy (non-hydrogen) atoms. The van der Waals surface area contributed by atoms with Gasteiger partial charge in [-0.05, 0) is 19.3 Å². The maximum atomic E-state index is 10.7. The monoisotopic (exact) mass is 142 g/mol. The van der Waals surface area contributed by atoms with E-state index < -0.39 is 12.1 Å². The highest BCUT2D eigenvalue weighted by Crippen LogP contribution is 2.36. The fourth-order valence-electron chi connectivity index (χ4n) is 1.86. The van der Waals surface area contributed by atoms with E-state index in [0.717, 1.165) is 19.3 Å². The van der Waals surface area contributed by atoms with Crippen molar-refractivity contribution in [3.8, 4) is 0 Å². The molecule has 3 heteroatoms. The smallest absolute Gasteiger partial charge is 0.335 e. The van der Waals surface area contributed by atoms with Gasteiger partial charge in [0.05, 0.1) is 0 Å². The molecule has 0 bridgehead atoms. The Morgan fingerprint density at radius 1 is 1.50 bits per heavy atom. The van der Waals surface area contributed by atoms with Crippen molar-refractivity contribution in [3.63, 3.8) is 0 Å². The van der Waals surface area contributed by atoms with Crippen molar-refractivity contribution in [2.24, 2.45) is 5.92 Å². The third-order valence-electron chi connectivity index (χ3n) is 2.42. The van der Waals surface area contributed by atoms with Gasteiger partial charge < -0.3 is 9.84 Å². The SMILES string of the molecule is O=C1OC2CCCC2C1O. The molecule has 1 heterocycles. The Hall–Kier alpha value is -0.570. The summed E-state index contributed by atoms with van der Waals surface area (Å²) in [6.45, 7) is 0. The number of aliphatic hydroxyl groups is 1. The molecule has 0 spiro atoms. The summed E-state index contributed by atoms with van der Waals surface area (Å²) in [6.07, 6.45) is 2.17. The van der Waals surface area contributed by atoms with E-state index in [9.17, 15) is 9.90 Å². The zero-order valence-corrected chi connectivity index (χ0v) is 5.62. The first-order chi connectivity index (χ1) is 4.79. The number of hydrogen-bond acceptors (Lipinski definition) is 3. The van der Waals surface area contributed by atoms with Crippen LogP contribution >= 0.6 is 0 Å². The van der Waals surface area contributed by atoms with E-state index in [2.05, 4.69) is 0 Å². The van der Waals surface area contributed by atoms with E-state index in [4.69, 9.17) is 4.74 Å². The molecule has 3 atom stereocenters. The Balaban J connectivity index is 2.16. The zero-order valence-electron chi connectivity index (χ0n) is 5.62. The van der Waals surface area contributed by atoms with Gasteiger partial charge >= 0.3 is 5.97 Å². The van der Waals surface area contributed by atoms with E-state index in [1.807, 2.05) is 0 Å². The van der Waals surface area contributed by atoms with Gasteiger partial charge in [0.15, 0.2) is 6.10 Å². The minimum absolute atomic E-state index is 0.0301. The molecule has 1 aliphatic heterocycles. The highest BCUT2D eigenvalue weighted by Gasteiger charge is 2.45. The Bertz CT molecular complexity index is 166. The predicted octanol–water partition coefficient (Wildman–Crippen LogP) is 0.0728. The van der Waals surface area contributed by atoms with Gasteiger partial charge in [0.1, 0.15) is 6.10 Å². The highest BCUT2D eigenvalue weighted by molar-refractivity contribution is 5.77. The summed E-state index contributed by atoms with van der Waals surface area (Å²) in [6, 6.07) is 0. The molecule has 2 rings (SSSR count). The maximum absolute atomic E-state index is 10.7. The van der Waals surface area contributed by atoms with Crippen molar-refractivity contribution >= 4 is 5.97 Å². The van der Waals surface area contributed by atoms with Crippen molar-refractivity contribution in [2.75, 3.05) is 0 Å². The second kappa shape index (κ2) is 1.95. The number of carbonyl (C=O) groups is 1. The lowest BCUT2D eigenvalue weighted by Gasteiger charge is -2.05. The van der Waals surface area contributed by atoms with E-state index in [-0.39, 0.29) is 12.0 Å². The first kappa shape index (κ1) is 6.16. The van der Waals surface area contributed by atoms with Crippen molar-refractivity contribution in [3.05, 3.63) is 0 Å². The molecule has 3 unspecified atom stereocenters. The summed E-state index contributed by atoms with van der Waals surface area (Å²) in [5.74, 6) is -0.317. The molecule has 1 saturated heterocycles. The Morgan fingerprint density at radius 2 is 2.30 bits per heavy atom. The van der Waals surface area contributed by atoms with E-state index in [1.54, 1.807) is 0 Å². The van der Waals surface area contributed by atoms with Crippen molar-refractivity contribution < 1.29 is 14.6 Å². The molecule has 1 N–H and O–H groups in total. The van der Waals surface area contributed by atoms with Gasteiger partial charge in [0.25, 0.3) is 0 Å². The Labute approximate surface area is 59.0 Å². The van der Waals surface area contributed by atoms with Gasteiger partial charge in [-0.3, -0.25) is 0 Å². The lowest BCUT2D eigenvalue weighted by molar-refractivity contribution is -0.147. The van der Waals surface area contributed by atoms with Crippen LogP contribution in [0.4, 0.5) is 0 Å². The van der Waals surface area contributed by atoms with Crippen molar-refractivity contribution in [1.29, 1.82) is 0 Å². The highest BCUT2D eigenvalue weighted by atomic mass is 16.6. The third kappa shape index (κ3) is 0.669. The van der Waals surface area contributed by atoms with Crippen LogP contribution in [0.2, 0.25) is 0 Å². The summed E-state index contributed by atoms with van der Waals surface area (Å²) in [5.41, 5.74) is 0. The Kier molecular flexibility index (Phi) is 1.20. The summed E-state index contributed by atoms with van der Waals surface area (Å²) in [7, 11) is 0. The van der Waals surface area contributed by atoms with Crippen molar-refractivity contribution in [1.82, 2.24) is 0 Å². The van der Waals surface area contributed by atoms with Crippen LogP contribution in [0.15, 0.2) is 0 Å². The first-order valence-corrected chi connectivity index (χ1v) is 3.67. The minimum atomic E-state index is -0.826. The van der Waals surface area contributed by atoms with Crippen LogP contribution in [0, 0.1) is 5.92 Å². The number of esters is 1. The number of rotatable bonds is 0. The van der Waals surface area contributed by atoms with Crippen LogP contribution in [-0.2, 0) is 9.53 Å². The predicted molar refractivity (Wildman–Crippen MR) is 33.2 cm³/mol. The molecule has 1 aliphatic carbocycles. The molecule has 0 amide bonds. The number of hydrogen-bond donors (Lipinski definition) is 1. The fraction of sp³-hybridized carbons (Fsp3) is 0.857. The second-order valence-corrected chi connectivity index (χ2v) is 3.01. The van der Waals surface area contributed by atoms with Gasteiger partial charge in [-0.2, -0.15) is 0 Å². The molecule has 1 saturated carbocycles. The number of fused-ring (bicyclic) bond motifs is 1. The normalized spacial score (nSPS) is 45.3. The molecular weight excluding hydrogens is 132 g/mol. The second-order valence-electron chi connectivity index (χ2n) is 3.01. The van der Waals surface area contributed by atoms with E-state index in [0.29, 0.717) is 0 Å². The summed E-state index contributed by atoms with van der Waals surface area (Å²) in [5, 5.41) is 9.19. The fourth-order valence-corrected chi connectivity index (χ4v) is 1.86. The van der Waals surface area contributed by atoms with Gasteiger partial charge in [0, 0.05) is 5.92 Å². The lowest BCUT2D eigenvalue weighted by atomic mass is 10.0. The molecule has 0 aromatic heterocycles. The topological polar surface area (TPSA) is 46.5 Å². The molecule has 0 aromatic rings. The third-order valence-corrected chi connectivity index (χ3v) is 2.42. The maximum Gasteiger partial charge on any atom is 0.335 e. The molecule has 56 valence electrons. The summed E-state index contributed by atoms with van der Waals surface area (Å²) in [4.78, 5) is 10.7. The van der Waals surface area contributed by atoms with Gasteiger partial charge in [0.2, 0.25) is 0 Å². The van der Waals surface area contributed by atoms with Gasteiger partial charge in [-0.15, -0.1) is 0 Å². The van der Waals surface area contributed by atoms with E-state index >= 15 is 0 Å². The average molecular weight is 142 g/mol. The minimum Gasteiger partial charge on any atom is -0.460 e. The summed E-state index contributed by atoms with van der Waals surface area (Å²) >= 11 is 0. The van der Waals surface area contributed by atoms with Crippen LogP contribution in [0.1, 0.15) is 19.3 Å². The Morgan fingerprint density at radius 3 is 3.00 bits per heavy atom. The number of carbonyl (C=O) groups excluding carboxylic acids is 1. The summed E-state index contributed by atoms with van der Waals surface area (Å²) < 4.78 is 4.91. The average Bonchev–Trinajstić information content (AvgIpc) is 2.41.